The SMILES string of the molecule is CCCS(=O)(=O)CCC1(C#N)CCC(CC)C1. The number of hydrogen-bond donors (Lipinski definition) is 0. The average molecular weight is 257 g/mol. The van der Waals surface area contributed by atoms with Gasteiger partial charge in [-0.2, -0.15) is 5.26 Å². The molecule has 98 valence electrons. The zero-order chi connectivity index (χ0) is 12.9. The smallest absolute Gasteiger partial charge is 0.150 e. The molecule has 2 atom stereocenters. The molecule has 0 spiro atoms. The van der Waals surface area contributed by atoms with Crippen molar-refractivity contribution in [1.29, 1.82) is 5.26 Å². The second-order valence-corrected chi connectivity index (χ2v) is 7.61. The van der Waals surface area contributed by atoms with E-state index >= 15 is 0 Å². The van der Waals surface area contributed by atoms with Crippen molar-refractivity contribution < 1.29 is 8.42 Å². The molecule has 1 rings (SSSR count). The number of nitriles is 1. The van der Waals surface area contributed by atoms with Gasteiger partial charge in [-0.1, -0.05) is 20.3 Å². The lowest BCUT2D eigenvalue weighted by atomic mass is 9.84. The largest absolute Gasteiger partial charge is 0.229 e. The van der Waals surface area contributed by atoms with Crippen LogP contribution in [0.2, 0.25) is 0 Å². The van der Waals surface area contributed by atoms with E-state index in [1.165, 1.54) is 0 Å². The molecular weight excluding hydrogens is 234 g/mol. The van der Waals surface area contributed by atoms with Crippen LogP contribution < -0.4 is 0 Å². The van der Waals surface area contributed by atoms with Crippen molar-refractivity contribution in [2.75, 3.05) is 11.5 Å². The number of nitrogens with zero attached hydrogens (tertiary/aromatic N) is 1. The van der Waals surface area contributed by atoms with Crippen molar-refractivity contribution in [2.24, 2.45) is 11.3 Å². The van der Waals surface area contributed by atoms with Crippen molar-refractivity contribution in [2.45, 2.75) is 52.4 Å². The van der Waals surface area contributed by atoms with E-state index in [0.29, 0.717) is 18.8 Å². The number of sulfone groups is 1. The van der Waals surface area contributed by atoms with Gasteiger partial charge in [0.05, 0.1) is 17.2 Å². The Hall–Kier alpha value is -0.560. The van der Waals surface area contributed by atoms with E-state index in [1.54, 1.807) is 0 Å². The van der Waals surface area contributed by atoms with E-state index in [9.17, 15) is 13.7 Å². The summed E-state index contributed by atoms with van der Waals surface area (Å²) in [4.78, 5) is 0. The maximum absolute atomic E-state index is 11.7. The third kappa shape index (κ3) is 3.99. The van der Waals surface area contributed by atoms with Gasteiger partial charge in [-0.3, -0.25) is 0 Å². The minimum atomic E-state index is -2.94. The third-order valence-corrected chi connectivity index (χ3v) is 5.79. The van der Waals surface area contributed by atoms with Gasteiger partial charge in [0.15, 0.2) is 0 Å². The first-order valence-electron chi connectivity index (χ1n) is 6.58. The van der Waals surface area contributed by atoms with E-state index < -0.39 is 9.84 Å². The highest BCUT2D eigenvalue weighted by atomic mass is 32.2. The Morgan fingerprint density at radius 2 is 2.06 bits per heavy atom. The van der Waals surface area contributed by atoms with Gasteiger partial charge in [0.1, 0.15) is 9.84 Å². The van der Waals surface area contributed by atoms with E-state index in [1.807, 2.05) is 6.92 Å². The van der Waals surface area contributed by atoms with Crippen LogP contribution in [-0.2, 0) is 9.84 Å². The van der Waals surface area contributed by atoms with Crippen LogP contribution in [0, 0.1) is 22.7 Å². The predicted octanol–water partition coefficient (Wildman–Crippen LogP) is 2.92. The minimum Gasteiger partial charge on any atom is -0.229 e. The standard InChI is InChI=1S/C13H23NO2S/c1-3-8-17(15,16)9-7-13(11-14)6-5-12(4-2)10-13/h12H,3-10H2,1-2H3. The van der Waals surface area contributed by atoms with E-state index in [-0.39, 0.29) is 16.9 Å². The van der Waals surface area contributed by atoms with Crippen LogP contribution in [0.25, 0.3) is 0 Å². The second kappa shape index (κ2) is 5.86. The van der Waals surface area contributed by atoms with Crippen LogP contribution in [0.4, 0.5) is 0 Å². The summed E-state index contributed by atoms with van der Waals surface area (Å²) in [5.41, 5.74) is -0.360. The molecule has 0 amide bonds. The molecule has 0 aromatic rings. The highest BCUT2D eigenvalue weighted by molar-refractivity contribution is 7.91. The van der Waals surface area contributed by atoms with Crippen molar-refractivity contribution in [1.82, 2.24) is 0 Å². The molecule has 0 heterocycles. The summed E-state index contributed by atoms with van der Waals surface area (Å²) in [7, 11) is -2.94. The molecular formula is C13H23NO2S. The molecule has 0 aromatic carbocycles. The van der Waals surface area contributed by atoms with E-state index in [2.05, 4.69) is 13.0 Å². The van der Waals surface area contributed by atoms with Gasteiger partial charge in [-0.05, 0) is 38.0 Å². The summed E-state index contributed by atoms with van der Waals surface area (Å²) in [6.45, 7) is 4.02. The zero-order valence-electron chi connectivity index (χ0n) is 10.9. The lowest BCUT2D eigenvalue weighted by Crippen LogP contribution is -2.21. The van der Waals surface area contributed by atoms with Crippen LogP contribution in [0.1, 0.15) is 52.4 Å². The summed E-state index contributed by atoms with van der Waals surface area (Å²) in [5, 5.41) is 9.31. The van der Waals surface area contributed by atoms with Crippen LogP contribution in [0.3, 0.4) is 0 Å². The van der Waals surface area contributed by atoms with Crippen LogP contribution >= 0.6 is 0 Å². The summed E-state index contributed by atoms with van der Waals surface area (Å²) in [6, 6.07) is 2.39. The van der Waals surface area contributed by atoms with Gasteiger partial charge in [-0.25, -0.2) is 8.42 Å². The summed E-state index contributed by atoms with van der Waals surface area (Å²) in [5.74, 6) is 1.06. The molecule has 0 saturated heterocycles. The second-order valence-electron chi connectivity index (χ2n) is 5.31. The Labute approximate surface area is 105 Å². The first kappa shape index (κ1) is 14.5. The van der Waals surface area contributed by atoms with Gasteiger partial charge in [0, 0.05) is 5.75 Å². The van der Waals surface area contributed by atoms with Crippen molar-refractivity contribution in [3.8, 4) is 6.07 Å². The fraction of sp³-hybridized carbons (Fsp3) is 0.923. The summed E-state index contributed by atoms with van der Waals surface area (Å²) < 4.78 is 23.4. The Balaban J connectivity index is 2.58. The van der Waals surface area contributed by atoms with Gasteiger partial charge < -0.3 is 0 Å². The first-order valence-corrected chi connectivity index (χ1v) is 8.41. The molecule has 4 heteroatoms. The Morgan fingerprint density at radius 3 is 2.53 bits per heavy atom. The molecule has 1 fully saturated rings. The lowest BCUT2D eigenvalue weighted by Gasteiger charge is -2.20. The first-order chi connectivity index (χ1) is 7.97. The van der Waals surface area contributed by atoms with Gasteiger partial charge >= 0.3 is 0 Å². The maximum atomic E-state index is 11.7. The molecule has 17 heavy (non-hydrogen) atoms. The van der Waals surface area contributed by atoms with Gasteiger partial charge in [0.2, 0.25) is 0 Å². The molecule has 1 aliphatic rings. The van der Waals surface area contributed by atoms with Gasteiger partial charge in [-0.15, -0.1) is 0 Å². The average Bonchev–Trinajstić information content (AvgIpc) is 2.71. The van der Waals surface area contributed by atoms with E-state index in [4.69, 9.17) is 0 Å². The molecule has 0 bridgehead atoms. The molecule has 2 unspecified atom stereocenters. The molecule has 0 N–H and O–H groups in total. The van der Waals surface area contributed by atoms with Gasteiger partial charge in [0.25, 0.3) is 0 Å². The van der Waals surface area contributed by atoms with Crippen LogP contribution in [0.15, 0.2) is 0 Å². The topological polar surface area (TPSA) is 57.9 Å². The zero-order valence-corrected chi connectivity index (χ0v) is 11.7. The van der Waals surface area contributed by atoms with Crippen molar-refractivity contribution in [3.05, 3.63) is 0 Å². The van der Waals surface area contributed by atoms with Crippen LogP contribution in [-0.4, -0.2) is 19.9 Å². The Kier molecular flexibility index (Phi) is 5.00. The fourth-order valence-corrected chi connectivity index (χ4v) is 4.26. The highest BCUT2D eigenvalue weighted by Gasteiger charge is 2.39. The van der Waals surface area contributed by atoms with Crippen LogP contribution in [0.5, 0.6) is 0 Å². The quantitative estimate of drug-likeness (QED) is 0.735. The number of hydrogen-bond acceptors (Lipinski definition) is 3. The Bertz CT molecular complexity index is 383. The summed E-state index contributed by atoms with van der Waals surface area (Å²) >= 11 is 0. The fourth-order valence-electron chi connectivity index (χ4n) is 2.73. The third-order valence-electron chi connectivity index (χ3n) is 3.93. The van der Waals surface area contributed by atoms with E-state index in [0.717, 1.165) is 25.7 Å². The highest BCUT2D eigenvalue weighted by Crippen LogP contribution is 2.45. The minimum absolute atomic E-state index is 0.185. The molecule has 0 aliphatic heterocycles. The van der Waals surface area contributed by atoms with Crippen molar-refractivity contribution in [3.63, 3.8) is 0 Å². The molecule has 1 aliphatic carbocycles. The molecule has 0 radical (unpaired) electrons. The summed E-state index contributed by atoms with van der Waals surface area (Å²) in [6.07, 6.45) is 5.15. The molecule has 3 nitrogen and oxygen atoms in total. The predicted molar refractivity (Wildman–Crippen MR) is 69.2 cm³/mol. The normalized spacial score (nSPS) is 29.1. The molecule has 0 aromatic heterocycles. The monoisotopic (exact) mass is 257 g/mol. The maximum Gasteiger partial charge on any atom is 0.150 e. The molecule has 1 saturated carbocycles. The number of rotatable bonds is 6. The lowest BCUT2D eigenvalue weighted by molar-refractivity contribution is 0.370. The Morgan fingerprint density at radius 1 is 1.35 bits per heavy atom. The van der Waals surface area contributed by atoms with Crippen molar-refractivity contribution >= 4 is 9.84 Å².